The van der Waals surface area contributed by atoms with E-state index < -0.39 is 5.60 Å². The number of hydrogen-bond donors (Lipinski definition) is 3. The third-order valence-electron chi connectivity index (χ3n) is 11.3. The number of hydroxylamine groups is 1. The number of benzene rings is 2. The normalized spacial score (nSPS) is 32.1. The smallest absolute Gasteiger partial charge is 0.390 e. The summed E-state index contributed by atoms with van der Waals surface area (Å²) in [5.74, 6) is 1.31. The first-order valence-corrected chi connectivity index (χ1v) is 17.1. The number of amides is 1. The Hall–Kier alpha value is -3.01. The van der Waals surface area contributed by atoms with Crippen LogP contribution < -0.4 is 25.5 Å². The van der Waals surface area contributed by atoms with Crippen LogP contribution in [0.4, 0.5) is 27.5 Å². The predicted octanol–water partition coefficient (Wildman–Crippen LogP) is 4.96. The summed E-state index contributed by atoms with van der Waals surface area (Å²) in [6, 6.07) is 17.2. The minimum absolute atomic E-state index is 0.0992. The molecule has 3 unspecified atom stereocenters. The lowest BCUT2D eigenvalue weighted by Crippen LogP contribution is -2.62. The number of carbonyl (C=O) groups excluding carboxylic acids is 1. The van der Waals surface area contributed by atoms with Crippen LogP contribution in [0.5, 0.6) is 0 Å². The van der Waals surface area contributed by atoms with E-state index in [0.717, 1.165) is 101 Å². The van der Waals surface area contributed by atoms with E-state index in [1.807, 2.05) is 18.2 Å². The molecule has 2 aromatic rings. The molecule has 4 aliphatic carbocycles. The molecule has 2 saturated heterocycles. The van der Waals surface area contributed by atoms with Crippen molar-refractivity contribution in [1.82, 2.24) is 10.6 Å². The summed E-state index contributed by atoms with van der Waals surface area (Å²) in [5, 5.41) is 19.3. The highest BCUT2D eigenvalue weighted by molar-refractivity contribution is 5.80. The molecule has 0 radical (unpaired) electrons. The number of rotatable bonds is 6. The minimum atomic E-state index is -0.510. The number of aliphatic hydroxyl groups is 1. The molecule has 5 atom stereocenters. The van der Waals surface area contributed by atoms with Crippen LogP contribution in [-0.2, 0) is 9.57 Å². The zero-order chi connectivity index (χ0) is 29.7. The van der Waals surface area contributed by atoms with Gasteiger partial charge in [0, 0.05) is 37.1 Å². The van der Waals surface area contributed by atoms with Gasteiger partial charge in [0.15, 0.2) is 0 Å². The largest absolute Gasteiger partial charge is 0.431 e. The van der Waals surface area contributed by atoms with Gasteiger partial charge in [0.25, 0.3) is 0 Å². The lowest BCUT2D eigenvalue weighted by molar-refractivity contribution is -0.137. The fourth-order valence-electron chi connectivity index (χ4n) is 9.47. The Balaban J connectivity index is 0.884. The van der Waals surface area contributed by atoms with Crippen LogP contribution >= 0.6 is 0 Å². The molecule has 236 valence electrons. The Kier molecular flexibility index (Phi) is 7.59. The second-order valence-electron chi connectivity index (χ2n) is 14.3. The van der Waals surface area contributed by atoms with Gasteiger partial charge in [0.05, 0.1) is 35.7 Å². The Morgan fingerprint density at radius 3 is 2.18 bits per heavy atom. The van der Waals surface area contributed by atoms with E-state index in [2.05, 4.69) is 50.8 Å². The zero-order valence-corrected chi connectivity index (χ0v) is 25.7. The van der Waals surface area contributed by atoms with Gasteiger partial charge in [-0.1, -0.05) is 12.1 Å². The van der Waals surface area contributed by atoms with Crippen LogP contribution in [0.15, 0.2) is 48.5 Å². The van der Waals surface area contributed by atoms with Crippen molar-refractivity contribution >= 4 is 28.8 Å². The maximum absolute atomic E-state index is 13.2. The number of carbonyl (C=O) groups is 1. The number of ether oxygens (including phenoxy) is 1. The number of nitrogens with one attached hydrogen (secondary N) is 2. The van der Waals surface area contributed by atoms with Crippen LogP contribution in [0.2, 0.25) is 0 Å². The van der Waals surface area contributed by atoms with Crippen molar-refractivity contribution in [2.24, 2.45) is 17.8 Å². The van der Waals surface area contributed by atoms with Crippen molar-refractivity contribution in [2.45, 2.75) is 81.6 Å². The Morgan fingerprint density at radius 1 is 0.818 bits per heavy atom. The van der Waals surface area contributed by atoms with Gasteiger partial charge in [-0.3, -0.25) is 0 Å². The summed E-state index contributed by atoms with van der Waals surface area (Å²) in [6.07, 6.45) is 9.60. The molecule has 7 aliphatic rings. The first-order valence-electron chi connectivity index (χ1n) is 17.1. The van der Waals surface area contributed by atoms with Crippen molar-refractivity contribution in [2.75, 3.05) is 54.1 Å². The van der Waals surface area contributed by atoms with Gasteiger partial charge < -0.3 is 35.1 Å². The lowest BCUT2D eigenvalue weighted by Gasteiger charge is -2.57. The second-order valence-corrected chi connectivity index (χ2v) is 14.3. The Labute approximate surface area is 260 Å². The predicted molar refractivity (Wildman–Crippen MR) is 171 cm³/mol. The molecule has 0 spiro atoms. The summed E-state index contributed by atoms with van der Waals surface area (Å²) < 4.78 is 6.42. The molecule has 4 saturated carbocycles. The molecule has 3 aliphatic heterocycles. The first kappa shape index (κ1) is 28.5. The molecular formula is C35H47N5O4. The monoisotopic (exact) mass is 601 g/mol. The molecule has 9 rings (SSSR count). The van der Waals surface area contributed by atoms with Crippen LogP contribution in [0, 0.1) is 17.8 Å². The zero-order valence-electron chi connectivity index (χ0n) is 25.7. The summed E-state index contributed by atoms with van der Waals surface area (Å²) in [6.45, 7) is 5.50. The summed E-state index contributed by atoms with van der Waals surface area (Å²) in [4.78, 5) is 23.9. The van der Waals surface area contributed by atoms with Gasteiger partial charge in [-0.25, -0.2) is 9.86 Å². The topological polar surface area (TPSA) is 89.5 Å². The SMILES string of the molecule is O=C(NC1[C@@H]2CC3C[C@H]1CC(O)(C3)C2)ON1CCN(c2ccc(N3CCC(OC4CCNCC4)CC3)cc2)c2ccccc21. The number of para-hydroxylation sites is 2. The molecule has 1 amide bonds. The fourth-order valence-corrected chi connectivity index (χ4v) is 9.47. The highest BCUT2D eigenvalue weighted by Gasteiger charge is 2.55. The van der Waals surface area contributed by atoms with Gasteiger partial charge in [-0.2, -0.15) is 0 Å². The van der Waals surface area contributed by atoms with Gasteiger partial charge in [-0.05, 0) is 125 Å². The van der Waals surface area contributed by atoms with E-state index in [1.54, 1.807) is 5.06 Å². The number of piperidine rings is 2. The summed E-state index contributed by atoms with van der Waals surface area (Å²) in [5.41, 5.74) is 3.82. The maximum Gasteiger partial charge on any atom is 0.431 e. The average molecular weight is 602 g/mol. The average Bonchev–Trinajstić information content (AvgIpc) is 3.03. The number of anilines is 4. The fraction of sp³-hybridized carbons (Fsp3) is 0.629. The molecule has 0 aromatic heterocycles. The maximum atomic E-state index is 13.2. The van der Waals surface area contributed by atoms with Crippen LogP contribution in [-0.4, -0.2) is 74.3 Å². The molecular weight excluding hydrogens is 554 g/mol. The van der Waals surface area contributed by atoms with E-state index in [0.29, 0.717) is 43.1 Å². The quantitative estimate of drug-likeness (QED) is 0.428. The number of hydrogen-bond acceptors (Lipinski definition) is 8. The van der Waals surface area contributed by atoms with Crippen molar-refractivity contribution < 1.29 is 19.5 Å². The highest BCUT2D eigenvalue weighted by Crippen LogP contribution is 2.55. The molecule has 3 heterocycles. The van der Waals surface area contributed by atoms with E-state index in [4.69, 9.17) is 9.57 Å². The molecule has 9 nitrogen and oxygen atoms in total. The summed E-state index contributed by atoms with van der Waals surface area (Å²) in [7, 11) is 0. The first-order chi connectivity index (χ1) is 21.5. The molecule has 44 heavy (non-hydrogen) atoms. The molecule has 2 aromatic carbocycles. The molecule has 6 fully saturated rings. The molecule has 9 heteroatoms. The van der Waals surface area contributed by atoms with Crippen molar-refractivity contribution in [3.05, 3.63) is 48.5 Å². The van der Waals surface area contributed by atoms with Gasteiger partial charge >= 0.3 is 6.09 Å². The third-order valence-corrected chi connectivity index (χ3v) is 11.3. The Morgan fingerprint density at radius 2 is 1.48 bits per heavy atom. The van der Waals surface area contributed by atoms with Gasteiger partial charge in [0.2, 0.25) is 0 Å². The number of nitrogens with zero attached hydrogens (tertiary/aromatic N) is 3. The van der Waals surface area contributed by atoms with Crippen LogP contribution in [0.25, 0.3) is 0 Å². The van der Waals surface area contributed by atoms with Gasteiger partial charge in [-0.15, -0.1) is 0 Å². The third kappa shape index (κ3) is 5.63. The van der Waals surface area contributed by atoms with E-state index in [1.165, 1.54) is 5.69 Å². The Bertz CT molecular complexity index is 1310. The lowest BCUT2D eigenvalue weighted by atomic mass is 9.52. The van der Waals surface area contributed by atoms with Crippen molar-refractivity contribution in [3.63, 3.8) is 0 Å². The highest BCUT2D eigenvalue weighted by atomic mass is 16.7. The second kappa shape index (κ2) is 11.7. The van der Waals surface area contributed by atoms with Crippen molar-refractivity contribution in [3.8, 4) is 0 Å². The molecule has 4 bridgehead atoms. The van der Waals surface area contributed by atoms with E-state index >= 15 is 0 Å². The standard InChI is InChI=1S/C35H47N5O4/c41-34(37-33-25-19-24-20-26(33)23-35(42,21-24)22-25)44-40-18-17-39(31-3-1-2-4-32(31)40)28-7-5-27(6-8-28)38-15-11-30(12-16-38)43-29-9-13-36-14-10-29/h1-8,24-26,29-30,33,36,42H,9-23H2,(H,37,41)/t24?,25-,26+,33?,35?. The van der Waals surface area contributed by atoms with E-state index in [-0.39, 0.29) is 12.1 Å². The minimum Gasteiger partial charge on any atom is -0.390 e. The van der Waals surface area contributed by atoms with Crippen molar-refractivity contribution in [1.29, 1.82) is 0 Å². The van der Waals surface area contributed by atoms with Crippen LogP contribution in [0.1, 0.15) is 57.8 Å². The van der Waals surface area contributed by atoms with E-state index in [9.17, 15) is 9.90 Å². The van der Waals surface area contributed by atoms with Crippen LogP contribution in [0.3, 0.4) is 0 Å². The summed E-state index contributed by atoms with van der Waals surface area (Å²) >= 11 is 0. The van der Waals surface area contributed by atoms with Gasteiger partial charge in [0.1, 0.15) is 0 Å². The number of fused-ring (bicyclic) bond motifs is 1. The molecule has 3 N–H and O–H groups in total.